The molecule has 0 saturated heterocycles. The van der Waals surface area contributed by atoms with Gasteiger partial charge >= 0.3 is 0 Å². The molecule has 234 valence electrons. The molecule has 3 heteroatoms. The molecule has 7 aromatic carbocycles. The maximum Gasteiger partial charge on any atom is 0.136 e. The van der Waals surface area contributed by atoms with Crippen molar-refractivity contribution >= 4 is 65.6 Å². The predicted molar refractivity (Wildman–Crippen MR) is 207 cm³/mol. The third-order valence-electron chi connectivity index (χ3n) is 10.3. The molecule has 0 fully saturated rings. The van der Waals surface area contributed by atoms with Crippen LogP contribution in [0.5, 0.6) is 0 Å². The molecule has 49 heavy (non-hydrogen) atoms. The maximum atomic E-state index is 6.31. The van der Waals surface area contributed by atoms with Gasteiger partial charge in [-0.05, 0) is 82.8 Å². The lowest BCUT2D eigenvalue weighted by Crippen LogP contribution is -2.10. The number of hydrogen-bond donors (Lipinski definition) is 0. The van der Waals surface area contributed by atoms with Crippen LogP contribution in [0.2, 0.25) is 0 Å². The van der Waals surface area contributed by atoms with Gasteiger partial charge in [-0.2, -0.15) is 0 Å². The van der Waals surface area contributed by atoms with Gasteiger partial charge in [0.05, 0.1) is 22.1 Å². The summed E-state index contributed by atoms with van der Waals surface area (Å²) in [6, 6.07) is 55.2. The SMILES string of the molecule is CC(C)(C)c1ccc(-c2ccc(-n3c4ccccc4c4cc(-n5c6ccccc6c6cc7oc8ccccc8c7cc65)ccc43)cc2)cc1. The molecule has 0 N–H and O–H groups in total. The normalized spacial score (nSPS) is 12.4. The Morgan fingerprint density at radius 1 is 0.388 bits per heavy atom. The van der Waals surface area contributed by atoms with Crippen LogP contribution in [0.1, 0.15) is 26.3 Å². The molecule has 10 rings (SSSR count). The van der Waals surface area contributed by atoms with Crippen LogP contribution in [0.4, 0.5) is 0 Å². The van der Waals surface area contributed by atoms with Gasteiger partial charge in [0.2, 0.25) is 0 Å². The molecule has 0 aliphatic carbocycles. The summed E-state index contributed by atoms with van der Waals surface area (Å²) in [7, 11) is 0. The van der Waals surface area contributed by atoms with Gasteiger partial charge in [0.1, 0.15) is 11.2 Å². The van der Waals surface area contributed by atoms with Crippen molar-refractivity contribution in [2.75, 3.05) is 0 Å². The van der Waals surface area contributed by atoms with E-state index in [-0.39, 0.29) is 5.41 Å². The Hall–Kier alpha value is -6.06. The van der Waals surface area contributed by atoms with Crippen molar-refractivity contribution in [3.63, 3.8) is 0 Å². The molecule has 0 amide bonds. The van der Waals surface area contributed by atoms with Crippen LogP contribution in [-0.2, 0) is 5.41 Å². The van der Waals surface area contributed by atoms with Crippen LogP contribution in [0.15, 0.2) is 156 Å². The van der Waals surface area contributed by atoms with E-state index < -0.39 is 0 Å². The van der Waals surface area contributed by atoms with Gasteiger partial charge < -0.3 is 13.6 Å². The molecule has 0 saturated carbocycles. The summed E-state index contributed by atoms with van der Waals surface area (Å²) in [5.41, 5.74) is 12.8. The molecule has 3 aromatic heterocycles. The highest BCUT2D eigenvalue weighted by atomic mass is 16.3. The first-order valence-corrected chi connectivity index (χ1v) is 17.0. The lowest BCUT2D eigenvalue weighted by molar-refractivity contribution is 0.590. The van der Waals surface area contributed by atoms with E-state index in [2.05, 4.69) is 169 Å². The Bertz CT molecular complexity index is 2890. The Kier molecular flexibility index (Phi) is 5.84. The van der Waals surface area contributed by atoms with Crippen LogP contribution in [0.25, 0.3) is 88.1 Å². The second-order valence-electron chi connectivity index (χ2n) is 14.2. The number of fused-ring (bicyclic) bond motifs is 9. The first-order chi connectivity index (χ1) is 23.9. The molecule has 10 aromatic rings. The summed E-state index contributed by atoms with van der Waals surface area (Å²) in [6.07, 6.45) is 0. The van der Waals surface area contributed by atoms with E-state index in [1.165, 1.54) is 60.3 Å². The minimum Gasteiger partial charge on any atom is -0.456 e. The van der Waals surface area contributed by atoms with Crippen LogP contribution in [-0.4, -0.2) is 9.13 Å². The van der Waals surface area contributed by atoms with E-state index in [4.69, 9.17) is 4.42 Å². The van der Waals surface area contributed by atoms with E-state index in [0.717, 1.165) is 33.3 Å². The fourth-order valence-corrected chi connectivity index (χ4v) is 7.81. The number of benzene rings is 7. The summed E-state index contributed by atoms with van der Waals surface area (Å²) in [4.78, 5) is 0. The first kappa shape index (κ1) is 28.0. The minimum atomic E-state index is 0.140. The van der Waals surface area contributed by atoms with Crippen molar-refractivity contribution in [2.45, 2.75) is 26.2 Å². The van der Waals surface area contributed by atoms with Crippen molar-refractivity contribution in [3.8, 4) is 22.5 Å². The van der Waals surface area contributed by atoms with Gasteiger partial charge in [-0.1, -0.05) is 112 Å². The smallest absolute Gasteiger partial charge is 0.136 e. The van der Waals surface area contributed by atoms with Crippen molar-refractivity contribution in [3.05, 3.63) is 157 Å². The Balaban J connectivity index is 1.15. The van der Waals surface area contributed by atoms with Crippen LogP contribution in [0.3, 0.4) is 0 Å². The van der Waals surface area contributed by atoms with Crippen molar-refractivity contribution in [1.29, 1.82) is 0 Å². The van der Waals surface area contributed by atoms with Gasteiger partial charge in [0.15, 0.2) is 0 Å². The summed E-state index contributed by atoms with van der Waals surface area (Å²) in [6.45, 7) is 6.77. The topological polar surface area (TPSA) is 23.0 Å². The van der Waals surface area contributed by atoms with Gasteiger partial charge in [0.25, 0.3) is 0 Å². The van der Waals surface area contributed by atoms with E-state index in [1.807, 2.05) is 12.1 Å². The summed E-state index contributed by atoms with van der Waals surface area (Å²) in [5.74, 6) is 0. The highest BCUT2D eigenvalue weighted by molar-refractivity contribution is 6.17. The average molecular weight is 631 g/mol. The molecule has 0 bridgehead atoms. The van der Waals surface area contributed by atoms with Gasteiger partial charge in [-0.3, -0.25) is 0 Å². The molecule has 3 heterocycles. The fraction of sp³-hybridized carbons (Fsp3) is 0.0870. The first-order valence-electron chi connectivity index (χ1n) is 17.0. The molecule has 0 spiro atoms. The zero-order chi connectivity index (χ0) is 32.9. The van der Waals surface area contributed by atoms with Gasteiger partial charge in [0, 0.05) is 43.7 Å². The molecule has 3 nitrogen and oxygen atoms in total. The monoisotopic (exact) mass is 630 g/mol. The predicted octanol–water partition coefficient (Wildman–Crippen LogP) is 12.7. The fourth-order valence-electron chi connectivity index (χ4n) is 7.81. The molecular formula is C46H34N2O. The van der Waals surface area contributed by atoms with Crippen LogP contribution < -0.4 is 0 Å². The van der Waals surface area contributed by atoms with E-state index in [9.17, 15) is 0 Å². The Morgan fingerprint density at radius 2 is 0.918 bits per heavy atom. The molecule has 0 radical (unpaired) electrons. The van der Waals surface area contributed by atoms with E-state index in [1.54, 1.807) is 0 Å². The molecule has 0 aliphatic rings. The summed E-state index contributed by atoms with van der Waals surface area (Å²) < 4.78 is 11.1. The lowest BCUT2D eigenvalue weighted by Gasteiger charge is -2.19. The number of rotatable bonds is 3. The molecule has 0 unspecified atom stereocenters. The highest BCUT2D eigenvalue weighted by Crippen LogP contribution is 2.40. The number of furan rings is 1. The molecule has 0 aliphatic heterocycles. The maximum absolute atomic E-state index is 6.31. The zero-order valence-electron chi connectivity index (χ0n) is 27.7. The third-order valence-corrected chi connectivity index (χ3v) is 10.3. The minimum absolute atomic E-state index is 0.140. The number of nitrogens with zero attached hydrogens (tertiary/aromatic N) is 2. The largest absolute Gasteiger partial charge is 0.456 e. The lowest BCUT2D eigenvalue weighted by atomic mass is 9.86. The van der Waals surface area contributed by atoms with Crippen LogP contribution >= 0.6 is 0 Å². The second-order valence-corrected chi connectivity index (χ2v) is 14.2. The number of para-hydroxylation sites is 3. The van der Waals surface area contributed by atoms with Gasteiger partial charge in [-0.25, -0.2) is 0 Å². The van der Waals surface area contributed by atoms with Crippen LogP contribution in [0, 0.1) is 0 Å². The van der Waals surface area contributed by atoms with Gasteiger partial charge in [-0.15, -0.1) is 0 Å². The van der Waals surface area contributed by atoms with Crippen molar-refractivity contribution in [1.82, 2.24) is 9.13 Å². The molecular weight excluding hydrogens is 597 g/mol. The zero-order valence-corrected chi connectivity index (χ0v) is 27.7. The summed E-state index contributed by atoms with van der Waals surface area (Å²) >= 11 is 0. The van der Waals surface area contributed by atoms with E-state index in [0.29, 0.717) is 0 Å². The standard InChI is InChI=1S/C46H34N2O/c1-46(2,3)31-20-16-29(17-21-31)30-18-22-32(23-19-30)47-40-13-7-4-10-34(40)37-26-33(24-25-42(37)47)48-41-14-8-5-11-35(41)38-28-45-39(27-43(38)48)36-12-6-9-15-44(36)49-45/h4-28H,1-3H3. The van der Waals surface area contributed by atoms with Crippen molar-refractivity contribution < 1.29 is 4.42 Å². The molecule has 0 atom stereocenters. The van der Waals surface area contributed by atoms with E-state index >= 15 is 0 Å². The Labute approximate surface area is 284 Å². The quantitative estimate of drug-likeness (QED) is 0.190. The Morgan fingerprint density at radius 3 is 1.59 bits per heavy atom. The summed E-state index contributed by atoms with van der Waals surface area (Å²) in [5, 5.41) is 7.16. The number of aromatic nitrogens is 2. The second kappa shape index (κ2) is 10.2. The van der Waals surface area contributed by atoms with Crippen molar-refractivity contribution in [2.24, 2.45) is 0 Å². The highest BCUT2D eigenvalue weighted by Gasteiger charge is 2.19. The number of hydrogen-bond acceptors (Lipinski definition) is 1. The third kappa shape index (κ3) is 4.22. The average Bonchev–Trinajstić information content (AvgIpc) is 3.77.